The Morgan fingerprint density at radius 3 is 1.36 bits per heavy atom. The van der Waals surface area contributed by atoms with E-state index in [1.165, 1.54) is 16.7 Å². The third-order valence-electron chi connectivity index (χ3n) is 5.35. The molecule has 0 saturated carbocycles. The zero-order valence-electron chi connectivity index (χ0n) is 21.8. The molecule has 0 bridgehead atoms. The Labute approximate surface area is 200 Å². The number of rotatable bonds is 3. The molecule has 3 aromatic rings. The molecule has 0 fully saturated rings. The van der Waals surface area contributed by atoms with Crippen LogP contribution in [0.1, 0.15) is 92.9 Å². The van der Waals surface area contributed by atoms with Crippen LogP contribution >= 0.6 is 0 Å². The molecule has 0 radical (unpaired) electrons. The van der Waals surface area contributed by atoms with Crippen LogP contribution in [0, 0.1) is 20.8 Å². The van der Waals surface area contributed by atoms with Crippen LogP contribution in [0.4, 0.5) is 17.5 Å². The highest BCUT2D eigenvalue weighted by Crippen LogP contribution is 2.19. The van der Waals surface area contributed by atoms with E-state index in [-0.39, 0.29) is 0 Å². The summed E-state index contributed by atoms with van der Waals surface area (Å²) in [6.45, 7) is 18.9. The highest BCUT2D eigenvalue weighted by Gasteiger charge is 2.04. The van der Waals surface area contributed by atoms with Crippen LogP contribution in [0.3, 0.4) is 0 Å². The van der Waals surface area contributed by atoms with Gasteiger partial charge >= 0.3 is 0 Å². The molecule has 3 heterocycles. The van der Waals surface area contributed by atoms with Crippen LogP contribution in [0.2, 0.25) is 0 Å². The molecule has 0 aromatic carbocycles. The second-order valence-corrected chi connectivity index (χ2v) is 9.26. The van der Waals surface area contributed by atoms with Crippen LogP contribution in [0.15, 0.2) is 36.5 Å². The molecule has 3 rings (SSSR count). The van der Waals surface area contributed by atoms with Crippen molar-refractivity contribution in [2.75, 3.05) is 17.2 Å². The van der Waals surface area contributed by atoms with Gasteiger partial charge in [-0.2, -0.15) is 0 Å². The first-order valence-electron chi connectivity index (χ1n) is 11.5. The first-order valence-corrected chi connectivity index (χ1v) is 11.5. The molecule has 6 heteroatoms. The van der Waals surface area contributed by atoms with Crippen LogP contribution < -0.4 is 17.2 Å². The Bertz CT molecular complexity index is 970. The third kappa shape index (κ3) is 9.08. The predicted molar refractivity (Wildman–Crippen MR) is 142 cm³/mol. The monoisotopic (exact) mass is 450 g/mol. The van der Waals surface area contributed by atoms with E-state index in [0.29, 0.717) is 35.2 Å². The van der Waals surface area contributed by atoms with E-state index in [4.69, 9.17) is 17.2 Å². The molecule has 6 nitrogen and oxygen atoms in total. The van der Waals surface area contributed by atoms with E-state index in [9.17, 15) is 0 Å². The fourth-order valence-corrected chi connectivity index (χ4v) is 3.33. The van der Waals surface area contributed by atoms with Crippen molar-refractivity contribution in [1.82, 2.24) is 15.0 Å². The average Bonchev–Trinajstić information content (AvgIpc) is 2.70. The molecule has 0 aliphatic heterocycles. The molecule has 0 aliphatic carbocycles. The summed E-state index contributed by atoms with van der Waals surface area (Å²) in [6.07, 6.45) is 1.84. The summed E-state index contributed by atoms with van der Waals surface area (Å²) in [5, 5.41) is 0. The number of nitrogens with zero attached hydrogens (tertiary/aromatic N) is 3. The lowest BCUT2D eigenvalue weighted by atomic mass is 10.0. The second kappa shape index (κ2) is 12.8. The van der Waals surface area contributed by atoms with Gasteiger partial charge in [0.25, 0.3) is 0 Å². The average molecular weight is 451 g/mol. The Morgan fingerprint density at radius 2 is 1.06 bits per heavy atom. The smallest absolute Gasteiger partial charge is 0.126 e. The minimum Gasteiger partial charge on any atom is -0.384 e. The van der Waals surface area contributed by atoms with Gasteiger partial charge in [0.15, 0.2) is 0 Å². The topological polar surface area (TPSA) is 117 Å². The fraction of sp³-hybridized carbons (Fsp3) is 0.444. The highest BCUT2D eigenvalue weighted by atomic mass is 14.8. The quantitative estimate of drug-likeness (QED) is 0.432. The molecular weight excluding hydrogens is 408 g/mol. The number of anilines is 3. The van der Waals surface area contributed by atoms with Gasteiger partial charge in [-0.15, -0.1) is 0 Å². The van der Waals surface area contributed by atoms with Gasteiger partial charge in [-0.3, -0.25) is 0 Å². The Morgan fingerprint density at radius 1 is 0.636 bits per heavy atom. The number of aryl methyl sites for hydroxylation is 3. The summed E-state index contributed by atoms with van der Waals surface area (Å²) < 4.78 is 0. The molecule has 0 saturated heterocycles. The highest BCUT2D eigenvalue weighted by molar-refractivity contribution is 5.40. The minimum atomic E-state index is 0.529. The number of nitrogen functional groups attached to an aromatic ring is 3. The third-order valence-corrected chi connectivity index (χ3v) is 5.35. The van der Waals surface area contributed by atoms with Gasteiger partial charge in [-0.05, 0) is 72.9 Å². The lowest BCUT2D eigenvalue weighted by Gasteiger charge is -2.08. The van der Waals surface area contributed by atoms with Crippen LogP contribution in [0.25, 0.3) is 0 Å². The summed E-state index contributed by atoms with van der Waals surface area (Å²) in [7, 11) is 0. The van der Waals surface area contributed by atoms with Crippen molar-refractivity contribution < 1.29 is 0 Å². The van der Waals surface area contributed by atoms with Gasteiger partial charge in [-0.25, -0.2) is 15.0 Å². The van der Waals surface area contributed by atoms with Crippen molar-refractivity contribution in [2.24, 2.45) is 0 Å². The van der Waals surface area contributed by atoms with Crippen molar-refractivity contribution in [1.29, 1.82) is 0 Å². The van der Waals surface area contributed by atoms with Crippen molar-refractivity contribution in [3.8, 4) is 0 Å². The van der Waals surface area contributed by atoms with Crippen LogP contribution in [-0.2, 0) is 0 Å². The maximum atomic E-state index is 5.58. The first kappa shape index (κ1) is 27.9. The van der Waals surface area contributed by atoms with Crippen molar-refractivity contribution in [3.05, 3.63) is 70.2 Å². The van der Waals surface area contributed by atoms with E-state index in [0.717, 1.165) is 17.0 Å². The van der Waals surface area contributed by atoms with E-state index < -0.39 is 0 Å². The Hall–Kier alpha value is -3.15. The van der Waals surface area contributed by atoms with Crippen molar-refractivity contribution in [2.45, 2.75) is 80.1 Å². The predicted octanol–water partition coefficient (Wildman–Crippen LogP) is 6.29. The second-order valence-electron chi connectivity index (χ2n) is 9.26. The van der Waals surface area contributed by atoms with E-state index >= 15 is 0 Å². The number of aromatic nitrogens is 3. The van der Waals surface area contributed by atoms with E-state index in [2.05, 4.69) is 62.6 Å². The Balaban J connectivity index is 0.000000247. The molecule has 3 aromatic heterocycles. The Kier molecular flexibility index (Phi) is 10.8. The van der Waals surface area contributed by atoms with Crippen LogP contribution in [-0.4, -0.2) is 15.0 Å². The summed E-state index contributed by atoms with van der Waals surface area (Å²) in [5.41, 5.74) is 23.6. The normalized spacial score (nSPS) is 10.5. The number of hydrogen-bond donors (Lipinski definition) is 3. The molecule has 33 heavy (non-hydrogen) atoms. The van der Waals surface area contributed by atoms with E-state index in [1.54, 1.807) is 0 Å². The summed E-state index contributed by atoms with van der Waals surface area (Å²) in [5.74, 6) is 3.43. The largest absolute Gasteiger partial charge is 0.384 e. The molecule has 180 valence electrons. The number of hydrogen-bond acceptors (Lipinski definition) is 6. The van der Waals surface area contributed by atoms with Gasteiger partial charge in [0.2, 0.25) is 0 Å². The van der Waals surface area contributed by atoms with Gasteiger partial charge < -0.3 is 17.2 Å². The minimum absolute atomic E-state index is 0.529. The van der Waals surface area contributed by atoms with Gasteiger partial charge in [-0.1, -0.05) is 59.7 Å². The molecule has 0 unspecified atom stereocenters. The number of nitrogens with two attached hydrogens (primary N) is 3. The summed E-state index contributed by atoms with van der Waals surface area (Å²) in [4.78, 5) is 12.4. The lowest BCUT2D eigenvalue weighted by Crippen LogP contribution is -1.98. The van der Waals surface area contributed by atoms with Gasteiger partial charge in [0.05, 0.1) is 0 Å². The molecule has 0 spiro atoms. The molecule has 0 atom stereocenters. The van der Waals surface area contributed by atoms with Gasteiger partial charge in [0.1, 0.15) is 17.5 Å². The number of pyridine rings is 3. The molecule has 0 amide bonds. The SMILES string of the molecule is Cc1cc(C(C)C)cnc1N.Cc1nc(N)ccc1C(C)C.Cc1nc(N)ccc1C(C)C. The first-order chi connectivity index (χ1) is 15.3. The van der Waals surface area contributed by atoms with Crippen LogP contribution in [0.5, 0.6) is 0 Å². The van der Waals surface area contributed by atoms with Crippen molar-refractivity contribution in [3.63, 3.8) is 0 Å². The summed E-state index contributed by atoms with van der Waals surface area (Å²) >= 11 is 0. The molecule has 0 aliphatic rings. The summed E-state index contributed by atoms with van der Waals surface area (Å²) in [6, 6.07) is 9.88. The zero-order valence-corrected chi connectivity index (χ0v) is 21.8. The standard InChI is InChI=1S/3C9H14N2/c1-6(2)8-4-7(3)9(10)11-5-8;2*1-6(2)8-4-5-9(10)11-7(8)3/h3*4-6H,1-3H3,(H2,10,11). The van der Waals surface area contributed by atoms with Gasteiger partial charge in [0, 0.05) is 17.6 Å². The molecular formula is C27H42N6. The zero-order chi connectivity index (χ0) is 25.3. The maximum Gasteiger partial charge on any atom is 0.126 e. The van der Waals surface area contributed by atoms with E-state index in [1.807, 2.05) is 51.2 Å². The lowest BCUT2D eigenvalue weighted by molar-refractivity contribution is 0.844. The molecule has 6 N–H and O–H groups in total. The fourth-order valence-electron chi connectivity index (χ4n) is 3.33. The van der Waals surface area contributed by atoms with Crippen molar-refractivity contribution >= 4 is 17.5 Å². The maximum absolute atomic E-state index is 5.58.